The summed E-state index contributed by atoms with van der Waals surface area (Å²) in [6.07, 6.45) is -0.200. The molecule has 0 amide bonds. The summed E-state index contributed by atoms with van der Waals surface area (Å²) in [5.41, 5.74) is -0.298. The monoisotopic (exact) mass is 263 g/mol. The fraction of sp³-hybridized carbons (Fsp3) is 0.333. The van der Waals surface area contributed by atoms with E-state index in [1.807, 2.05) is 7.05 Å². The van der Waals surface area contributed by atoms with E-state index in [-0.39, 0.29) is 0 Å². The molecule has 0 aliphatic heterocycles. The van der Waals surface area contributed by atoms with Crippen molar-refractivity contribution < 1.29 is 13.2 Å². The van der Waals surface area contributed by atoms with Crippen LogP contribution in [0.1, 0.15) is 17.5 Å². The van der Waals surface area contributed by atoms with Gasteiger partial charge in [-0.2, -0.15) is 13.2 Å². The lowest BCUT2D eigenvalue weighted by Gasteiger charge is -2.08. The highest BCUT2D eigenvalue weighted by atomic mass is 35.5. The quantitative estimate of drug-likeness (QED) is 0.810. The molecule has 0 saturated carbocycles. The van der Waals surface area contributed by atoms with E-state index in [2.05, 4.69) is 5.32 Å². The van der Waals surface area contributed by atoms with Crippen molar-refractivity contribution in [3.05, 3.63) is 40.4 Å². The summed E-state index contributed by atoms with van der Waals surface area (Å²) in [5, 5.41) is 3.26. The molecule has 0 unspecified atom stereocenters. The molecule has 0 aliphatic rings. The van der Waals surface area contributed by atoms with Crippen molar-refractivity contribution >= 4 is 17.7 Å². The maximum Gasteiger partial charge on any atom is 0.416 e. The van der Waals surface area contributed by atoms with Gasteiger partial charge in [0.25, 0.3) is 0 Å². The Morgan fingerprint density at radius 3 is 2.65 bits per heavy atom. The molecule has 1 nitrogen and oxygen atoms in total. The Hall–Kier alpha value is -1.00. The van der Waals surface area contributed by atoms with Crippen LogP contribution in [0.25, 0.3) is 6.08 Å². The van der Waals surface area contributed by atoms with Crippen LogP contribution in [0.3, 0.4) is 0 Å². The molecule has 94 valence electrons. The van der Waals surface area contributed by atoms with Crippen LogP contribution in [0, 0.1) is 0 Å². The topological polar surface area (TPSA) is 12.0 Å². The lowest BCUT2D eigenvalue weighted by molar-refractivity contribution is -0.137. The van der Waals surface area contributed by atoms with Crippen molar-refractivity contribution in [3.63, 3.8) is 0 Å². The van der Waals surface area contributed by atoms with Gasteiger partial charge in [-0.3, -0.25) is 0 Å². The summed E-state index contributed by atoms with van der Waals surface area (Å²) in [5.74, 6) is 0. The van der Waals surface area contributed by atoms with Crippen molar-refractivity contribution in [3.8, 4) is 0 Å². The number of rotatable bonds is 4. The zero-order valence-electron chi connectivity index (χ0n) is 9.31. The number of alkyl halides is 3. The zero-order valence-corrected chi connectivity index (χ0v) is 10.1. The van der Waals surface area contributed by atoms with Gasteiger partial charge in [0.05, 0.1) is 5.56 Å². The summed E-state index contributed by atoms with van der Waals surface area (Å²) in [6, 6.07) is 3.30. The summed E-state index contributed by atoms with van der Waals surface area (Å²) in [6.45, 7) is 0.771. The first-order valence-electron chi connectivity index (χ1n) is 5.13. The molecular weight excluding hydrogens is 251 g/mol. The first kappa shape index (κ1) is 14.1. The van der Waals surface area contributed by atoms with Crippen LogP contribution in [0.15, 0.2) is 24.3 Å². The molecule has 0 aromatic heterocycles. The predicted octanol–water partition coefficient (Wildman–Crippen LogP) is 3.98. The van der Waals surface area contributed by atoms with Crippen LogP contribution in [0.2, 0.25) is 5.02 Å². The van der Waals surface area contributed by atoms with Gasteiger partial charge in [0, 0.05) is 5.02 Å². The molecule has 1 N–H and O–H groups in total. The molecule has 1 aromatic rings. The molecule has 0 spiro atoms. The molecule has 1 aromatic carbocycles. The number of benzene rings is 1. The van der Waals surface area contributed by atoms with Crippen LogP contribution in [0.4, 0.5) is 13.2 Å². The Morgan fingerprint density at radius 2 is 2.06 bits per heavy atom. The second-order valence-electron chi connectivity index (χ2n) is 3.53. The number of hydrogen-bond acceptors (Lipinski definition) is 1. The first-order valence-corrected chi connectivity index (χ1v) is 5.51. The Labute approximate surface area is 103 Å². The van der Waals surface area contributed by atoms with Crippen LogP contribution >= 0.6 is 11.6 Å². The van der Waals surface area contributed by atoms with Gasteiger partial charge in [-0.15, -0.1) is 0 Å². The third-order valence-corrected chi connectivity index (χ3v) is 2.53. The van der Waals surface area contributed by atoms with Crippen LogP contribution in [-0.2, 0) is 6.18 Å². The Morgan fingerprint density at radius 1 is 1.35 bits per heavy atom. The minimum atomic E-state index is -4.34. The molecule has 0 heterocycles. The zero-order chi connectivity index (χ0) is 12.9. The first-order chi connectivity index (χ1) is 7.95. The van der Waals surface area contributed by atoms with E-state index in [1.165, 1.54) is 6.07 Å². The smallest absolute Gasteiger partial charge is 0.319 e. The number of halogens is 4. The van der Waals surface area contributed by atoms with Crippen molar-refractivity contribution in [1.29, 1.82) is 0 Å². The summed E-state index contributed by atoms with van der Waals surface area (Å²) < 4.78 is 37.4. The average Bonchev–Trinajstić information content (AvgIpc) is 2.25. The third-order valence-electron chi connectivity index (χ3n) is 2.18. The number of nitrogens with one attached hydrogen (secondary N) is 1. The lowest BCUT2D eigenvalue weighted by Crippen LogP contribution is -2.06. The van der Waals surface area contributed by atoms with E-state index >= 15 is 0 Å². The van der Waals surface area contributed by atoms with E-state index in [9.17, 15) is 13.2 Å². The van der Waals surface area contributed by atoms with E-state index < -0.39 is 11.7 Å². The van der Waals surface area contributed by atoms with Gasteiger partial charge in [-0.1, -0.05) is 23.8 Å². The minimum Gasteiger partial charge on any atom is -0.319 e. The number of hydrogen-bond donors (Lipinski definition) is 1. The molecule has 0 atom stereocenters. The normalized spacial score (nSPS) is 12.3. The maximum atomic E-state index is 12.5. The van der Waals surface area contributed by atoms with Crippen LogP contribution in [0.5, 0.6) is 0 Å². The molecule has 0 bridgehead atoms. The van der Waals surface area contributed by atoms with Gasteiger partial charge in [-0.05, 0) is 43.8 Å². The standard InChI is InChI=1S/C12H13ClF3N/c1-17-7-3-2-4-9-8-10(12(14,15)16)5-6-11(9)13/h2,4-6,8,17H,3,7H2,1H3. The van der Waals surface area contributed by atoms with Gasteiger partial charge >= 0.3 is 6.18 Å². The predicted molar refractivity (Wildman–Crippen MR) is 64.0 cm³/mol. The molecule has 17 heavy (non-hydrogen) atoms. The van der Waals surface area contributed by atoms with Gasteiger partial charge in [-0.25, -0.2) is 0 Å². The minimum absolute atomic E-state index is 0.318. The molecular formula is C12H13ClF3N. The molecule has 1 rings (SSSR count). The fourth-order valence-corrected chi connectivity index (χ4v) is 1.47. The van der Waals surface area contributed by atoms with Crippen molar-refractivity contribution in [2.24, 2.45) is 0 Å². The van der Waals surface area contributed by atoms with Crippen LogP contribution in [-0.4, -0.2) is 13.6 Å². The summed E-state index contributed by atoms with van der Waals surface area (Å²) >= 11 is 5.82. The van der Waals surface area contributed by atoms with E-state index in [0.717, 1.165) is 25.1 Å². The van der Waals surface area contributed by atoms with Gasteiger partial charge < -0.3 is 5.32 Å². The average molecular weight is 264 g/mol. The fourth-order valence-electron chi connectivity index (χ4n) is 1.29. The molecule has 0 saturated heterocycles. The second kappa shape index (κ2) is 6.07. The molecule has 0 fully saturated rings. The lowest BCUT2D eigenvalue weighted by atomic mass is 10.1. The van der Waals surface area contributed by atoms with Crippen molar-refractivity contribution in [2.75, 3.05) is 13.6 Å². The third kappa shape index (κ3) is 4.40. The Balaban J connectivity index is 2.87. The SMILES string of the molecule is CNCCC=Cc1cc(C(F)(F)F)ccc1Cl. The van der Waals surface area contributed by atoms with E-state index in [0.29, 0.717) is 10.6 Å². The second-order valence-corrected chi connectivity index (χ2v) is 3.94. The summed E-state index contributed by atoms with van der Waals surface area (Å²) in [4.78, 5) is 0. The van der Waals surface area contributed by atoms with Gasteiger partial charge in [0.15, 0.2) is 0 Å². The van der Waals surface area contributed by atoms with Crippen molar-refractivity contribution in [2.45, 2.75) is 12.6 Å². The Kier molecular flexibility index (Phi) is 5.02. The summed E-state index contributed by atoms with van der Waals surface area (Å²) in [7, 11) is 1.81. The van der Waals surface area contributed by atoms with Gasteiger partial charge in [0.2, 0.25) is 0 Å². The van der Waals surface area contributed by atoms with Crippen molar-refractivity contribution in [1.82, 2.24) is 5.32 Å². The highest BCUT2D eigenvalue weighted by Gasteiger charge is 2.30. The largest absolute Gasteiger partial charge is 0.416 e. The Bertz CT molecular complexity index is 399. The molecule has 5 heteroatoms. The highest BCUT2D eigenvalue weighted by Crippen LogP contribution is 2.32. The van der Waals surface area contributed by atoms with E-state index in [4.69, 9.17) is 11.6 Å². The highest BCUT2D eigenvalue weighted by molar-refractivity contribution is 6.32. The van der Waals surface area contributed by atoms with Crippen LogP contribution < -0.4 is 5.32 Å². The van der Waals surface area contributed by atoms with Gasteiger partial charge in [0.1, 0.15) is 0 Å². The molecule has 0 radical (unpaired) electrons. The van der Waals surface area contributed by atoms with E-state index in [1.54, 1.807) is 12.2 Å². The maximum absolute atomic E-state index is 12.5. The molecule has 0 aliphatic carbocycles.